The summed E-state index contributed by atoms with van der Waals surface area (Å²) in [7, 11) is 0. The Morgan fingerprint density at radius 3 is 2.60 bits per heavy atom. The number of halogens is 1. The smallest absolute Gasteiger partial charge is 0.258 e. The SMILES string of the molecule is CCc1ccc(OCC(=O)NCc2ccc(Br)s2)cc1. The van der Waals surface area contributed by atoms with Gasteiger partial charge < -0.3 is 10.1 Å². The molecule has 1 amide bonds. The van der Waals surface area contributed by atoms with Crippen LogP contribution >= 0.6 is 27.3 Å². The highest BCUT2D eigenvalue weighted by atomic mass is 79.9. The van der Waals surface area contributed by atoms with Crippen LogP contribution in [0.1, 0.15) is 17.4 Å². The fourth-order valence-electron chi connectivity index (χ4n) is 1.65. The van der Waals surface area contributed by atoms with E-state index in [9.17, 15) is 4.79 Å². The number of amides is 1. The highest BCUT2D eigenvalue weighted by Crippen LogP contribution is 2.21. The molecule has 1 aromatic heterocycles. The molecule has 1 heterocycles. The molecule has 20 heavy (non-hydrogen) atoms. The maximum absolute atomic E-state index is 11.7. The minimum absolute atomic E-state index is 0.0397. The average Bonchev–Trinajstić information content (AvgIpc) is 2.89. The van der Waals surface area contributed by atoms with Crippen molar-refractivity contribution in [1.82, 2.24) is 5.32 Å². The number of benzene rings is 1. The number of hydrogen-bond donors (Lipinski definition) is 1. The number of aryl methyl sites for hydroxylation is 1. The third kappa shape index (κ3) is 4.65. The van der Waals surface area contributed by atoms with Gasteiger partial charge in [0.1, 0.15) is 5.75 Å². The Kier molecular flexibility index (Phi) is 5.61. The van der Waals surface area contributed by atoms with Gasteiger partial charge in [0.2, 0.25) is 0 Å². The van der Waals surface area contributed by atoms with E-state index in [0.717, 1.165) is 20.8 Å². The third-order valence-corrected chi connectivity index (χ3v) is 4.41. The Hall–Kier alpha value is -1.33. The predicted molar refractivity (Wildman–Crippen MR) is 85.2 cm³/mol. The lowest BCUT2D eigenvalue weighted by molar-refractivity contribution is -0.123. The molecule has 1 N–H and O–H groups in total. The van der Waals surface area contributed by atoms with Gasteiger partial charge in [0.25, 0.3) is 5.91 Å². The summed E-state index contributed by atoms with van der Waals surface area (Å²) < 4.78 is 6.51. The molecule has 0 atom stereocenters. The van der Waals surface area contributed by atoms with E-state index in [1.807, 2.05) is 36.4 Å². The van der Waals surface area contributed by atoms with Gasteiger partial charge in [-0.1, -0.05) is 19.1 Å². The van der Waals surface area contributed by atoms with Crippen molar-refractivity contribution in [2.45, 2.75) is 19.9 Å². The van der Waals surface area contributed by atoms with Crippen LogP contribution in [0, 0.1) is 0 Å². The molecule has 0 unspecified atom stereocenters. The second kappa shape index (κ2) is 7.45. The Morgan fingerprint density at radius 2 is 2.00 bits per heavy atom. The van der Waals surface area contributed by atoms with E-state index < -0.39 is 0 Å². The molecule has 2 aromatic rings. The van der Waals surface area contributed by atoms with Crippen molar-refractivity contribution in [2.24, 2.45) is 0 Å². The summed E-state index contributed by atoms with van der Waals surface area (Å²) in [5.41, 5.74) is 1.25. The first-order valence-electron chi connectivity index (χ1n) is 6.40. The van der Waals surface area contributed by atoms with E-state index in [0.29, 0.717) is 6.54 Å². The fourth-order valence-corrected chi connectivity index (χ4v) is 3.08. The first kappa shape index (κ1) is 15.1. The maximum Gasteiger partial charge on any atom is 0.258 e. The molecule has 0 aliphatic carbocycles. The van der Waals surface area contributed by atoms with Gasteiger partial charge in [0, 0.05) is 4.88 Å². The van der Waals surface area contributed by atoms with Gasteiger partial charge in [-0.25, -0.2) is 0 Å². The summed E-state index contributed by atoms with van der Waals surface area (Å²) in [6.45, 7) is 2.68. The van der Waals surface area contributed by atoms with Crippen molar-refractivity contribution in [2.75, 3.05) is 6.61 Å². The summed E-state index contributed by atoms with van der Waals surface area (Å²) >= 11 is 5.00. The highest BCUT2D eigenvalue weighted by Gasteiger charge is 2.04. The van der Waals surface area contributed by atoms with Crippen LogP contribution in [-0.2, 0) is 17.8 Å². The third-order valence-electron chi connectivity index (χ3n) is 2.79. The molecule has 0 bridgehead atoms. The molecule has 5 heteroatoms. The van der Waals surface area contributed by atoms with Crippen LogP contribution in [0.25, 0.3) is 0 Å². The second-order valence-corrected chi connectivity index (χ2v) is 6.82. The molecule has 0 spiro atoms. The largest absolute Gasteiger partial charge is 0.484 e. The molecule has 0 saturated carbocycles. The lowest BCUT2D eigenvalue weighted by Gasteiger charge is -2.07. The van der Waals surface area contributed by atoms with Crippen LogP contribution in [0.15, 0.2) is 40.2 Å². The monoisotopic (exact) mass is 353 g/mol. The van der Waals surface area contributed by atoms with Crippen LogP contribution in [0.2, 0.25) is 0 Å². The Morgan fingerprint density at radius 1 is 1.25 bits per heavy atom. The van der Waals surface area contributed by atoms with Crippen molar-refractivity contribution in [3.63, 3.8) is 0 Å². The lowest BCUT2D eigenvalue weighted by Crippen LogP contribution is -2.28. The van der Waals surface area contributed by atoms with Crippen LogP contribution in [-0.4, -0.2) is 12.5 Å². The van der Waals surface area contributed by atoms with Crippen molar-refractivity contribution < 1.29 is 9.53 Å². The summed E-state index contributed by atoms with van der Waals surface area (Å²) in [6, 6.07) is 11.8. The van der Waals surface area contributed by atoms with Gasteiger partial charge in [-0.2, -0.15) is 0 Å². The Bertz CT molecular complexity index is 566. The maximum atomic E-state index is 11.7. The number of nitrogens with one attached hydrogen (secondary N) is 1. The number of carbonyl (C=O) groups is 1. The number of ether oxygens (including phenoxy) is 1. The fraction of sp³-hybridized carbons (Fsp3) is 0.267. The van der Waals surface area contributed by atoms with Gasteiger partial charge in [0.05, 0.1) is 10.3 Å². The van der Waals surface area contributed by atoms with E-state index in [1.165, 1.54) is 5.56 Å². The average molecular weight is 354 g/mol. The van der Waals surface area contributed by atoms with Crippen LogP contribution < -0.4 is 10.1 Å². The molecule has 0 fully saturated rings. The van der Waals surface area contributed by atoms with Crippen molar-refractivity contribution in [3.05, 3.63) is 50.6 Å². The van der Waals surface area contributed by atoms with Crippen LogP contribution in [0.3, 0.4) is 0 Å². The van der Waals surface area contributed by atoms with Crippen molar-refractivity contribution in [3.8, 4) is 5.75 Å². The minimum atomic E-state index is -0.117. The Balaban J connectivity index is 1.74. The zero-order chi connectivity index (χ0) is 14.4. The van der Waals surface area contributed by atoms with E-state index in [1.54, 1.807) is 11.3 Å². The van der Waals surface area contributed by atoms with Crippen molar-refractivity contribution in [1.29, 1.82) is 0 Å². The van der Waals surface area contributed by atoms with Crippen molar-refractivity contribution >= 4 is 33.2 Å². The number of hydrogen-bond acceptors (Lipinski definition) is 3. The van der Waals surface area contributed by atoms with Gasteiger partial charge >= 0.3 is 0 Å². The molecule has 0 aliphatic rings. The van der Waals surface area contributed by atoms with E-state index >= 15 is 0 Å². The number of carbonyl (C=O) groups excluding carboxylic acids is 1. The Labute approximate surface area is 131 Å². The molecular weight excluding hydrogens is 338 g/mol. The molecule has 2 rings (SSSR count). The van der Waals surface area contributed by atoms with Gasteiger partial charge in [-0.15, -0.1) is 11.3 Å². The van der Waals surface area contributed by atoms with Gasteiger partial charge in [-0.05, 0) is 52.2 Å². The van der Waals surface area contributed by atoms with E-state index in [4.69, 9.17) is 4.74 Å². The topological polar surface area (TPSA) is 38.3 Å². The molecule has 3 nitrogen and oxygen atoms in total. The predicted octanol–water partition coefficient (Wildman–Crippen LogP) is 3.77. The van der Waals surface area contributed by atoms with E-state index in [2.05, 4.69) is 28.2 Å². The summed E-state index contributed by atoms with van der Waals surface area (Å²) in [6.07, 6.45) is 0.997. The summed E-state index contributed by atoms with van der Waals surface area (Å²) in [5, 5.41) is 2.83. The lowest BCUT2D eigenvalue weighted by atomic mass is 10.2. The molecule has 1 aromatic carbocycles. The molecule has 0 radical (unpaired) electrons. The minimum Gasteiger partial charge on any atom is -0.484 e. The summed E-state index contributed by atoms with van der Waals surface area (Å²) in [5.74, 6) is 0.602. The van der Waals surface area contributed by atoms with E-state index in [-0.39, 0.29) is 12.5 Å². The second-order valence-electron chi connectivity index (χ2n) is 4.27. The normalized spacial score (nSPS) is 10.3. The zero-order valence-corrected chi connectivity index (χ0v) is 13.6. The number of rotatable bonds is 6. The zero-order valence-electron chi connectivity index (χ0n) is 11.2. The van der Waals surface area contributed by atoms with Crippen LogP contribution in [0.4, 0.5) is 0 Å². The molecule has 0 aliphatic heterocycles. The number of thiophene rings is 1. The van der Waals surface area contributed by atoms with Gasteiger partial charge in [0.15, 0.2) is 6.61 Å². The summed E-state index contributed by atoms with van der Waals surface area (Å²) in [4.78, 5) is 12.8. The van der Waals surface area contributed by atoms with Gasteiger partial charge in [-0.3, -0.25) is 4.79 Å². The molecule has 0 saturated heterocycles. The quantitative estimate of drug-likeness (QED) is 0.858. The first-order chi connectivity index (χ1) is 9.67. The van der Waals surface area contributed by atoms with Crippen LogP contribution in [0.5, 0.6) is 5.75 Å². The molecular formula is C15H16BrNO2S. The highest BCUT2D eigenvalue weighted by molar-refractivity contribution is 9.11. The molecule has 106 valence electrons. The standard InChI is InChI=1S/C15H16BrNO2S/c1-2-11-3-5-12(6-4-11)19-10-15(18)17-9-13-7-8-14(16)20-13/h3-8H,2,9-10H2,1H3,(H,17,18). The first-order valence-corrected chi connectivity index (χ1v) is 8.01.